The average molecular weight is 407 g/mol. The van der Waals surface area contributed by atoms with Gasteiger partial charge < -0.3 is 5.32 Å². The number of amides is 1. The van der Waals surface area contributed by atoms with E-state index in [4.69, 9.17) is 0 Å². The van der Waals surface area contributed by atoms with Crippen LogP contribution < -0.4 is 5.32 Å². The molecule has 3 aromatic rings. The Morgan fingerprint density at radius 3 is 2.90 bits per heavy atom. The highest BCUT2D eigenvalue weighted by Crippen LogP contribution is 2.31. The van der Waals surface area contributed by atoms with Crippen LogP contribution >= 0.6 is 11.8 Å². The summed E-state index contributed by atoms with van der Waals surface area (Å²) in [5, 5.41) is 12.0. The fraction of sp³-hybridized carbons (Fsp3) is 0.348. The van der Waals surface area contributed by atoms with Gasteiger partial charge in [0, 0.05) is 0 Å². The van der Waals surface area contributed by atoms with Crippen LogP contribution in [-0.4, -0.2) is 25.9 Å². The zero-order chi connectivity index (χ0) is 20.4. The summed E-state index contributed by atoms with van der Waals surface area (Å²) >= 11 is 1.44. The normalized spacial score (nSPS) is 16.9. The summed E-state index contributed by atoms with van der Waals surface area (Å²) in [5.74, 6) is 0.0341. The lowest BCUT2D eigenvalue weighted by Gasteiger charge is -2.27. The number of carbonyl (C=O) groups excluding carboxylic acids is 1. The van der Waals surface area contributed by atoms with Crippen LogP contribution in [0.1, 0.15) is 48.1 Å². The third-order valence-electron chi connectivity index (χ3n) is 5.47. The van der Waals surface area contributed by atoms with Gasteiger partial charge in [-0.3, -0.25) is 9.36 Å². The molecule has 0 fully saturated rings. The number of fused-ring (bicyclic) bond motifs is 1. The van der Waals surface area contributed by atoms with Crippen LogP contribution in [0.4, 0.5) is 0 Å². The first-order valence-corrected chi connectivity index (χ1v) is 10.9. The molecule has 0 aliphatic heterocycles. The molecule has 2 aromatic carbocycles. The number of aromatic nitrogens is 3. The Balaban J connectivity index is 1.48. The van der Waals surface area contributed by atoms with Crippen molar-refractivity contribution in [3.05, 3.63) is 71.0 Å². The molecule has 0 bridgehead atoms. The van der Waals surface area contributed by atoms with Crippen molar-refractivity contribution in [1.82, 2.24) is 20.1 Å². The minimum Gasteiger partial charge on any atom is -0.348 e. The van der Waals surface area contributed by atoms with Crippen LogP contribution in [-0.2, 0) is 11.2 Å². The first-order chi connectivity index (χ1) is 14.0. The number of thioether (sulfide) groups is 1. The number of nitrogens with zero attached hydrogens (tertiary/aromatic N) is 3. The van der Waals surface area contributed by atoms with Crippen molar-refractivity contribution in [3.8, 4) is 5.69 Å². The molecule has 1 aliphatic rings. The Bertz CT molecular complexity index is 1030. The quantitative estimate of drug-likeness (QED) is 0.631. The van der Waals surface area contributed by atoms with E-state index in [0.717, 1.165) is 35.7 Å². The molecule has 6 heteroatoms. The summed E-state index contributed by atoms with van der Waals surface area (Å²) in [7, 11) is 0. The van der Waals surface area contributed by atoms with Crippen molar-refractivity contribution in [2.24, 2.45) is 0 Å². The van der Waals surface area contributed by atoms with Gasteiger partial charge in [0.15, 0.2) is 5.16 Å². The largest absolute Gasteiger partial charge is 0.348 e. The van der Waals surface area contributed by atoms with Crippen LogP contribution in [0.3, 0.4) is 0 Å². The van der Waals surface area contributed by atoms with Crippen molar-refractivity contribution in [2.75, 3.05) is 0 Å². The molecule has 1 heterocycles. The van der Waals surface area contributed by atoms with E-state index >= 15 is 0 Å². The Morgan fingerprint density at radius 2 is 2.07 bits per heavy atom. The van der Waals surface area contributed by atoms with Crippen molar-refractivity contribution in [1.29, 1.82) is 0 Å². The molecule has 0 saturated heterocycles. The molecule has 2 atom stereocenters. The minimum absolute atomic E-state index is 0.0341. The van der Waals surface area contributed by atoms with E-state index in [1.165, 1.54) is 28.5 Å². The molecular weight excluding hydrogens is 380 g/mol. The fourth-order valence-electron chi connectivity index (χ4n) is 3.95. The molecule has 0 radical (unpaired) electrons. The number of carbonyl (C=O) groups is 1. The van der Waals surface area contributed by atoms with Gasteiger partial charge in [-0.05, 0) is 62.8 Å². The van der Waals surface area contributed by atoms with Crippen molar-refractivity contribution < 1.29 is 4.79 Å². The third kappa shape index (κ3) is 4.22. The summed E-state index contributed by atoms with van der Waals surface area (Å²) in [5.41, 5.74) is 6.01. The van der Waals surface area contributed by atoms with Crippen molar-refractivity contribution in [2.45, 2.75) is 56.5 Å². The van der Waals surface area contributed by atoms with E-state index in [-0.39, 0.29) is 17.2 Å². The Kier molecular flexibility index (Phi) is 5.72. The van der Waals surface area contributed by atoms with Gasteiger partial charge in [-0.15, -0.1) is 10.2 Å². The zero-order valence-corrected chi connectivity index (χ0v) is 17.9. The van der Waals surface area contributed by atoms with E-state index < -0.39 is 0 Å². The highest BCUT2D eigenvalue weighted by Gasteiger charge is 2.25. The summed E-state index contributed by atoms with van der Waals surface area (Å²) in [6.07, 6.45) is 4.89. The van der Waals surface area contributed by atoms with Gasteiger partial charge in [-0.2, -0.15) is 0 Å². The van der Waals surface area contributed by atoms with E-state index in [2.05, 4.69) is 65.8 Å². The monoisotopic (exact) mass is 406 g/mol. The number of hydrogen-bond acceptors (Lipinski definition) is 4. The first kappa shape index (κ1) is 19.7. The van der Waals surface area contributed by atoms with E-state index in [0.29, 0.717) is 0 Å². The minimum atomic E-state index is -0.266. The molecule has 29 heavy (non-hydrogen) atoms. The van der Waals surface area contributed by atoms with Crippen LogP contribution in [0.25, 0.3) is 5.69 Å². The number of aryl methyl sites for hydroxylation is 3. The molecular formula is C23H26N4OS. The van der Waals surface area contributed by atoms with Crippen LogP contribution in [0.5, 0.6) is 0 Å². The summed E-state index contributed by atoms with van der Waals surface area (Å²) < 4.78 is 1.96. The van der Waals surface area contributed by atoms with E-state index in [1.807, 2.05) is 17.6 Å². The maximum Gasteiger partial charge on any atom is 0.233 e. The Labute approximate surface area is 175 Å². The Hall–Kier alpha value is -2.60. The molecule has 1 N–H and O–H groups in total. The molecule has 4 rings (SSSR count). The number of benzene rings is 2. The topological polar surface area (TPSA) is 59.8 Å². The average Bonchev–Trinajstić information content (AvgIpc) is 3.16. The molecule has 1 aromatic heterocycles. The van der Waals surface area contributed by atoms with Crippen LogP contribution in [0.15, 0.2) is 53.9 Å². The van der Waals surface area contributed by atoms with Gasteiger partial charge in [0.2, 0.25) is 5.91 Å². The highest BCUT2D eigenvalue weighted by molar-refractivity contribution is 8.00. The molecule has 5 nitrogen and oxygen atoms in total. The maximum absolute atomic E-state index is 12.9. The predicted molar refractivity (Wildman–Crippen MR) is 116 cm³/mol. The van der Waals surface area contributed by atoms with Crippen molar-refractivity contribution >= 4 is 17.7 Å². The molecule has 0 spiro atoms. The standard InChI is InChI=1S/C23H26N4OS/c1-15-11-12-21(16(2)13-15)27-14-24-26-23(27)29-17(3)22(28)25-20-10-6-8-18-7-4-5-9-19(18)20/h4-5,7,9,11-14,17,20H,6,8,10H2,1-3H3,(H,25,28). The summed E-state index contributed by atoms with van der Waals surface area (Å²) in [6.45, 7) is 6.08. The van der Waals surface area contributed by atoms with Gasteiger partial charge >= 0.3 is 0 Å². The molecule has 1 aliphatic carbocycles. The van der Waals surface area contributed by atoms with Gasteiger partial charge in [-0.25, -0.2) is 0 Å². The predicted octanol–water partition coefficient (Wildman–Crippen LogP) is 4.56. The van der Waals surface area contributed by atoms with E-state index in [1.54, 1.807) is 6.33 Å². The first-order valence-electron chi connectivity index (χ1n) is 10.1. The van der Waals surface area contributed by atoms with Gasteiger partial charge in [0.05, 0.1) is 17.0 Å². The number of rotatable bonds is 5. The van der Waals surface area contributed by atoms with Crippen LogP contribution in [0, 0.1) is 13.8 Å². The smallest absolute Gasteiger partial charge is 0.233 e. The lowest BCUT2D eigenvalue weighted by Crippen LogP contribution is -2.36. The molecule has 1 amide bonds. The lowest BCUT2D eigenvalue weighted by molar-refractivity contribution is -0.121. The molecule has 150 valence electrons. The number of hydrogen-bond donors (Lipinski definition) is 1. The lowest BCUT2D eigenvalue weighted by atomic mass is 9.88. The summed E-state index contributed by atoms with van der Waals surface area (Å²) in [6, 6.07) is 14.8. The third-order valence-corrected chi connectivity index (χ3v) is 6.52. The highest BCUT2D eigenvalue weighted by atomic mass is 32.2. The second kappa shape index (κ2) is 8.41. The van der Waals surface area contributed by atoms with Gasteiger partial charge in [0.1, 0.15) is 6.33 Å². The Morgan fingerprint density at radius 1 is 1.24 bits per heavy atom. The van der Waals surface area contributed by atoms with Gasteiger partial charge in [0.25, 0.3) is 0 Å². The fourth-order valence-corrected chi connectivity index (χ4v) is 4.79. The van der Waals surface area contributed by atoms with Crippen molar-refractivity contribution in [3.63, 3.8) is 0 Å². The van der Waals surface area contributed by atoms with Gasteiger partial charge in [-0.1, -0.05) is 53.7 Å². The number of nitrogens with one attached hydrogen (secondary N) is 1. The van der Waals surface area contributed by atoms with Crippen LogP contribution in [0.2, 0.25) is 0 Å². The van der Waals surface area contributed by atoms with E-state index in [9.17, 15) is 4.79 Å². The molecule has 2 unspecified atom stereocenters. The SMILES string of the molecule is Cc1ccc(-n2cnnc2SC(C)C(=O)NC2CCCc3ccccc32)c(C)c1. The zero-order valence-electron chi connectivity index (χ0n) is 17.1. The summed E-state index contributed by atoms with van der Waals surface area (Å²) in [4.78, 5) is 12.9. The second-order valence-corrected chi connectivity index (χ2v) is 8.99. The maximum atomic E-state index is 12.9. The molecule has 0 saturated carbocycles. The second-order valence-electron chi connectivity index (χ2n) is 7.69.